The molecule has 0 heterocycles. The summed E-state index contributed by atoms with van der Waals surface area (Å²) in [6.45, 7) is 2.72. The summed E-state index contributed by atoms with van der Waals surface area (Å²) >= 11 is 6.21. The van der Waals surface area contributed by atoms with Gasteiger partial charge in [-0.25, -0.2) is 13.6 Å². The molecule has 32 heavy (non-hydrogen) atoms. The molecule has 0 spiro atoms. The molecule has 2 rings (SSSR count). The molecule has 0 bridgehead atoms. The fourth-order valence-electron chi connectivity index (χ4n) is 3.22. The van der Waals surface area contributed by atoms with Crippen LogP contribution in [0.2, 0.25) is 5.02 Å². The standard InChI is InChI=1S/C20H22ClN5O5S/c1-10(14-7-8-15(11(2)27)18(21)19(14)32(25,30)31)26(17(29)9-16(22)28)13-5-3-12(4-6-13)20(23)24/h3-8,10H,9H2,1-2H3,(H2,22,28)(H3,23,24)(H2,25,30,31). The van der Waals surface area contributed by atoms with Crippen LogP contribution >= 0.6 is 11.6 Å². The lowest BCUT2D eigenvalue weighted by atomic mass is 10.0. The highest BCUT2D eigenvalue weighted by atomic mass is 35.5. The number of anilines is 1. The minimum absolute atomic E-state index is 0.0379. The molecule has 2 aromatic carbocycles. The Bertz CT molecular complexity index is 1210. The SMILES string of the molecule is CC(=O)c1ccc(C(C)N(C(=O)CC(N)=O)c2ccc(C(=N)N)cc2)c(S(N)(=O)=O)c1Cl. The molecule has 0 fully saturated rings. The highest BCUT2D eigenvalue weighted by Crippen LogP contribution is 2.36. The number of amides is 2. The number of halogens is 1. The first kappa shape index (κ1) is 25.0. The molecule has 7 N–H and O–H groups in total. The van der Waals surface area contributed by atoms with Gasteiger partial charge in [0.15, 0.2) is 5.78 Å². The van der Waals surface area contributed by atoms with Gasteiger partial charge in [-0.1, -0.05) is 17.7 Å². The minimum Gasteiger partial charge on any atom is -0.384 e. The Hall–Kier alpha value is -3.28. The first-order valence-corrected chi connectivity index (χ1v) is 11.1. The number of sulfonamides is 1. The molecule has 1 unspecified atom stereocenters. The Morgan fingerprint density at radius 1 is 1.09 bits per heavy atom. The van der Waals surface area contributed by atoms with Gasteiger partial charge in [0, 0.05) is 16.8 Å². The van der Waals surface area contributed by atoms with Crippen LogP contribution in [0.4, 0.5) is 5.69 Å². The van der Waals surface area contributed by atoms with E-state index in [9.17, 15) is 22.8 Å². The van der Waals surface area contributed by atoms with Crippen molar-refractivity contribution in [1.82, 2.24) is 0 Å². The van der Waals surface area contributed by atoms with Gasteiger partial charge < -0.3 is 16.4 Å². The van der Waals surface area contributed by atoms with E-state index in [4.69, 9.17) is 33.6 Å². The van der Waals surface area contributed by atoms with Crippen LogP contribution in [-0.2, 0) is 19.6 Å². The van der Waals surface area contributed by atoms with Crippen molar-refractivity contribution < 1.29 is 22.8 Å². The number of benzene rings is 2. The topological polar surface area (TPSA) is 190 Å². The number of carbonyl (C=O) groups excluding carboxylic acids is 3. The first-order valence-electron chi connectivity index (χ1n) is 9.16. The first-order chi connectivity index (χ1) is 14.8. The van der Waals surface area contributed by atoms with Crippen molar-refractivity contribution >= 4 is 50.7 Å². The number of nitrogens with one attached hydrogen (secondary N) is 1. The van der Waals surface area contributed by atoms with Gasteiger partial charge in [-0.2, -0.15) is 0 Å². The monoisotopic (exact) mass is 479 g/mol. The molecule has 0 radical (unpaired) electrons. The Morgan fingerprint density at radius 2 is 1.66 bits per heavy atom. The third-order valence-electron chi connectivity index (χ3n) is 4.68. The maximum atomic E-state index is 12.9. The lowest BCUT2D eigenvalue weighted by Gasteiger charge is -2.31. The van der Waals surface area contributed by atoms with Crippen LogP contribution in [0, 0.1) is 5.41 Å². The fourth-order valence-corrected chi connectivity index (χ4v) is 4.77. The number of primary sulfonamides is 1. The number of primary amides is 1. The van der Waals surface area contributed by atoms with Crippen molar-refractivity contribution in [3.63, 3.8) is 0 Å². The Morgan fingerprint density at radius 3 is 2.09 bits per heavy atom. The second-order valence-electron chi connectivity index (χ2n) is 6.99. The minimum atomic E-state index is -4.41. The van der Waals surface area contributed by atoms with Crippen LogP contribution in [-0.4, -0.2) is 31.9 Å². The number of nitrogens with zero attached hydrogens (tertiary/aromatic N) is 1. The van der Waals surface area contributed by atoms with Crippen molar-refractivity contribution in [2.75, 3.05) is 4.90 Å². The van der Waals surface area contributed by atoms with Crippen molar-refractivity contribution in [3.8, 4) is 0 Å². The maximum Gasteiger partial charge on any atom is 0.239 e. The van der Waals surface area contributed by atoms with Crippen LogP contribution in [0.25, 0.3) is 0 Å². The number of amidine groups is 1. The van der Waals surface area contributed by atoms with Crippen molar-refractivity contribution in [3.05, 3.63) is 58.1 Å². The molecule has 0 aliphatic heterocycles. The zero-order valence-corrected chi connectivity index (χ0v) is 18.8. The van der Waals surface area contributed by atoms with E-state index >= 15 is 0 Å². The second kappa shape index (κ2) is 9.47. The summed E-state index contributed by atoms with van der Waals surface area (Å²) < 4.78 is 24.7. The zero-order chi connectivity index (χ0) is 24.4. The van der Waals surface area contributed by atoms with Gasteiger partial charge in [-0.15, -0.1) is 0 Å². The van der Waals surface area contributed by atoms with Gasteiger partial charge in [0.2, 0.25) is 21.8 Å². The Balaban J connectivity index is 2.73. The van der Waals surface area contributed by atoms with Gasteiger partial charge in [-0.05, 0) is 49.7 Å². The van der Waals surface area contributed by atoms with Gasteiger partial charge >= 0.3 is 0 Å². The van der Waals surface area contributed by atoms with Crippen LogP contribution in [0.15, 0.2) is 41.3 Å². The normalized spacial score (nSPS) is 12.1. The number of carbonyl (C=O) groups is 3. The third-order valence-corrected chi connectivity index (χ3v) is 6.19. The molecule has 2 aromatic rings. The van der Waals surface area contributed by atoms with Crippen molar-refractivity contribution in [2.24, 2.45) is 16.6 Å². The molecule has 12 heteroatoms. The summed E-state index contributed by atoms with van der Waals surface area (Å²) in [7, 11) is -4.41. The zero-order valence-electron chi connectivity index (χ0n) is 17.3. The maximum absolute atomic E-state index is 12.9. The van der Waals surface area contributed by atoms with E-state index in [1.807, 2.05) is 0 Å². The second-order valence-corrected chi connectivity index (χ2v) is 8.87. The lowest BCUT2D eigenvalue weighted by molar-refractivity contribution is -0.126. The van der Waals surface area contributed by atoms with Crippen molar-refractivity contribution in [1.29, 1.82) is 5.41 Å². The van der Waals surface area contributed by atoms with E-state index in [1.165, 1.54) is 50.2 Å². The van der Waals surface area contributed by atoms with E-state index in [0.29, 0.717) is 5.56 Å². The molecule has 0 aliphatic rings. The largest absolute Gasteiger partial charge is 0.384 e. The van der Waals surface area contributed by atoms with Crippen LogP contribution < -0.4 is 21.5 Å². The number of hydrogen-bond acceptors (Lipinski definition) is 6. The molecule has 2 amide bonds. The van der Waals surface area contributed by atoms with E-state index in [0.717, 1.165) is 4.90 Å². The van der Waals surface area contributed by atoms with Gasteiger partial charge in [0.25, 0.3) is 0 Å². The van der Waals surface area contributed by atoms with Gasteiger partial charge in [0.1, 0.15) is 17.2 Å². The quantitative estimate of drug-likeness (QED) is 0.191. The summed E-state index contributed by atoms with van der Waals surface area (Å²) in [4.78, 5) is 36.8. The molecular weight excluding hydrogens is 458 g/mol. The lowest BCUT2D eigenvalue weighted by Crippen LogP contribution is -2.37. The number of ketones is 1. The molecule has 170 valence electrons. The van der Waals surface area contributed by atoms with Crippen molar-refractivity contribution in [2.45, 2.75) is 31.2 Å². The number of nitrogen functional groups attached to an aromatic ring is 1. The predicted octanol–water partition coefficient (Wildman–Crippen LogP) is 1.44. The van der Waals surface area contributed by atoms with E-state index < -0.39 is 45.0 Å². The molecular formula is C20H22ClN5O5S. The Labute approximate surface area is 189 Å². The average Bonchev–Trinajstić information content (AvgIpc) is 2.66. The Kier molecular flexibility index (Phi) is 7.39. The highest BCUT2D eigenvalue weighted by Gasteiger charge is 2.31. The molecule has 10 nitrogen and oxygen atoms in total. The summed E-state index contributed by atoms with van der Waals surface area (Å²) in [5.74, 6) is -2.26. The van der Waals surface area contributed by atoms with E-state index in [-0.39, 0.29) is 27.7 Å². The summed E-state index contributed by atoms with van der Waals surface area (Å²) in [6.07, 6.45) is -0.650. The summed E-state index contributed by atoms with van der Waals surface area (Å²) in [5, 5.41) is 12.5. The van der Waals surface area contributed by atoms with Gasteiger partial charge in [-0.3, -0.25) is 19.8 Å². The van der Waals surface area contributed by atoms with Gasteiger partial charge in [0.05, 0.1) is 11.1 Å². The smallest absolute Gasteiger partial charge is 0.239 e. The number of hydrogen-bond donors (Lipinski definition) is 4. The number of Topliss-reactive ketones (excluding diaryl/α,β-unsaturated/α-hetero) is 1. The fraction of sp³-hybridized carbons (Fsp3) is 0.200. The van der Waals surface area contributed by atoms with E-state index in [1.54, 1.807) is 0 Å². The molecule has 1 atom stereocenters. The third kappa shape index (κ3) is 5.31. The van der Waals surface area contributed by atoms with E-state index in [2.05, 4.69) is 0 Å². The molecule has 0 aromatic heterocycles. The molecule has 0 saturated carbocycles. The van der Waals surface area contributed by atoms with Crippen LogP contribution in [0.5, 0.6) is 0 Å². The number of rotatable bonds is 8. The number of nitrogens with two attached hydrogens (primary N) is 3. The summed E-state index contributed by atoms with van der Waals surface area (Å²) in [6, 6.07) is 7.62. The molecule has 0 saturated heterocycles. The highest BCUT2D eigenvalue weighted by molar-refractivity contribution is 7.89. The average molecular weight is 480 g/mol. The summed E-state index contributed by atoms with van der Waals surface area (Å²) in [5.41, 5.74) is 11.3. The van der Waals surface area contributed by atoms with Crippen LogP contribution in [0.3, 0.4) is 0 Å². The van der Waals surface area contributed by atoms with Crippen LogP contribution in [0.1, 0.15) is 47.8 Å². The predicted molar refractivity (Wildman–Crippen MR) is 120 cm³/mol. The molecule has 0 aliphatic carbocycles.